The van der Waals surface area contributed by atoms with Crippen molar-refractivity contribution in [2.24, 2.45) is 17.4 Å². The lowest BCUT2D eigenvalue weighted by atomic mass is 9.95. The van der Waals surface area contributed by atoms with Crippen molar-refractivity contribution < 1.29 is 9.59 Å². The van der Waals surface area contributed by atoms with Gasteiger partial charge in [-0.2, -0.15) is 0 Å². The standard InChI is InChI=1S/C17H26N4O2/c1-11(2)16(19)17(23)20-8-15(22)21-9-13(14(18)10-21)12-6-4-3-5-7-12/h3-7,11,13-14,16H,8-10,18-19H2,1-2H3,(H,20,23)/t13-,14+,16-/m0/s1. The number of carbonyl (C=O) groups is 2. The first-order chi connectivity index (χ1) is 10.9. The van der Waals surface area contributed by atoms with Crippen molar-refractivity contribution in [2.45, 2.75) is 31.8 Å². The van der Waals surface area contributed by atoms with Crippen LogP contribution in [0.2, 0.25) is 0 Å². The largest absolute Gasteiger partial charge is 0.346 e. The molecule has 0 bridgehead atoms. The van der Waals surface area contributed by atoms with E-state index in [1.807, 2.05) is 44.2 Å². The second-order valence-corrected chi connectivity index (χ2v) is 6.47. The summed E-state index contributed by atoms with van der Waals surface area (Å²) >= 11 is 0. The zero-order valence-corrected chi connectivity index (χ0v) is 13.7. The van der Waals surface area contributed by atoms with Crippen molar-refractivity contribution in [3.05, 3.63) is 35.9 Å². The molecule has 1 aliphatic rings. The summed E-state index contributed by atoms with van der Waals surface area (Å²) in [5.41, 5.74) is 13.1. The van der Waals surface area contributed by atoms with E-state index in [-0.39, 0.29) is 36.2 Å². The van der Waals surface area contributed by atoms with Crippen molar-refractivity contribution in [1.82, 2.24) is 10.2 Å². The van der Waals surface area contributed by atoms with Gasteiger partial charge in [0.1, 0.15) is 0 Å². The Morgan fingerprint density at radius 1 is 1.26 bits per heavy atom. The SMILES string of the molecule is CC(C)[C@H](N)C(=O)NCC(=O)N1C[C@@H](N)[C@H](c2ccccc2)C1. The van der Waals surface area contributed by atoms with Gasteiger partial charge in [-0.15, -0.1) is 0 Å². The summed E-state index contributed by atoms with van der Waals surface area (Å²) in [5, 5.41) is 2.61. The average Bonchev–Trinajstić information content (AvgIpc) is 2.94. The molecule has 1 aromatic rings. The molecule has 5 N–H and O–H groups in total. The van der Waals surface area contributed by atoms with E-state index in [1.54, 1.807) is 4.90 Å². The number of rotatable bonds is 5. The van der Waals surface area contributed by atoms with Crippen LogP contribution in [-0.2, 0) is 9.59 Å². The topological polar surface area (TPSA) is 101 Å². The molecular weight excluding hydrogens is 292 g/mol. The van der Waals surface area contributed by atoms with E-state index in [0.29, 0.717) is 13.1 Å². The molecule has 1 aromatic carbocycles. The molecule has 0 saturated carbocycles. The van der Waals surface area contributed by atoms with Gasteiger partial charge in [0.15, 0.2) is 0 Å². The maximum absolute atomic E-state index is 12.3. The molecule has 2 amide bonds. The molecule has 1 aliphatic heterocycles. The van der Waals surface area contributed by atoms with E-state index in [9.17, 15) is 9.59 Å². The monoisotopic (exact) mass is 318 g/mol. The number of nitrogens with one attached hydrogen (secondary N) is 1. The summed E-state index contributed by atoms with van der Waals surface area (Å²) in [5.74, 6) is -0.249. The summed E-state index contributed by atoms with van der Waals surface area (Å²) in [6.45, 7) is 4.79. The Bertz CT molecular complexity index is 547. The molecule has 1 saturated heterocycles. The third kappa shape index (κ3) is 4.30. The van der Waals surface area contributed by atoms with Crippen LogP contribution >= 0.6 is 0 Å². The molecule has 0 radical (unpaired) electrons. The third-order valence-electron chi connectivity index (χ3n) is 4.38. The molecule has 0 aromatic heterocycles. The molecule has 0 spiro atoms. The number of nitrogens with zero attached hydrogens (tertiary/aromatic N) is 1. The average molecular weight is 318 g/mol. The van der Waals surface area contributed by atoms with Gasteiger partial charge in [0, 0.05) is 25.0 Å². The van der Waals surface area contributed by atoms with Gasteiger partial charge < -0.3 is 21.7 Å². The summed E-state index contributed by atoms with van der Waals surface area (Å²) in [7, 11) is 0. The number of likely N-dealkylation sites (tertiary alicyclic amines) is 1. The van der Waals surface area contributed by atoms with Gasteiger partial charge in [-0.05, 0) is 11.5 Å². The summed E-state index contributed by atoms with van der Waals surface area (Å²) < 4.78 is 0. The molecule has 2 rings (SSSR count). The van der Waals surface area contributed by atoms with Gasteiger partial charge in [-0.1, -0.05) is 44.2 Å². The molecule has 1 heterocycles. The fraction of sp³-hybridized carbons (Fsp3) is 0.529. The molecule has 126 valence electrons. The van der Waals surface area contributed by atoms with E-state index in [0.717, 1.165) is 5.56 Å². The van der Waals surface area contributed by atoms with Gasteiger partial charge in [0.25, 0.3) is 0 Å². The molecule has 23 heavy (non-hydrogen) atoms. The Morgan fingerprint density at radius 3 is 2.52 bits per heavy atom. The van der Waals surface area contributed by atoms with Gasteiger partial charge >= 0.3 is 0 Å². The predicted molar refractivity (Wildman–Crippen MR) is 89.6 cm³/mol. The van der Waals surface area contributed by atoms with Gasteiger partial charge in [-0.25, -0.2) is 0 Å². The van der Waals surface area contributed by atoms with Crippen LogP contribution in [0.1, 0.15) is 25.3 Å². The van der Waals surface area contributed by atoms with Crippen LogP contribution in [0, 0.1) is 5.92 Å². The van der Waals surface area contributed by atoms with Crippen LogP contribution < -0.4 is 16.8 Å². The summed E-state index contributed by atoms with van der Waals surface area (Å²) in [6.07, 6.45) is 0. The minimum atomic E-state index is -0.597. The quantitative estimate of drug-likeness (QED) is 0.713. The number of nitrogens with two attached hydrogens (primary N) is 2. The van der Waals surface area contributed by atoms with Crippen molar-refractivity contribution in [2.75, 3.05) is 19.6 Å². The lowest BCUT2D eigenvalue weighted by Gasteiger charge is -2.19. The normalized spacial score (nSPS) is 22.2. The Morgan fingerprint density at radius 2 is 1.91 bits per heavy atom. The molecule has 6 nitrogen and oxygen atoms in total. The smallest absolute Gasteiger partial charge is 0.242 e. The lowest BCUT2D eigenvalue weighted by molar-refractivity contribution is -0.132. The van der Waals surface area contributed by atoms with Crippen molar-refractivity contribution >= 4 is 11.8 Å². The van der Waals surface area contributed by atoms with Crippen molar-refractivity contribution in [3.8, 4) is 0 Å². The van der Waals surface area contributed by atoms with E-state index >= 15 is 0 Å². The minimum absolute atomic E-state index is 0.0342. The van der Waals surface area contributed by atoms with Gasteiger partial charge in [0.2, 0.25) is 11.8 Å². The highest BCUT2D eigenvalue weighted by atomic mass is 16.2. The maximum atomic E-state index is 12.3. The Balaban J connectivity index is 1.88. The molecule has 3 atom stereocenters. The number of amides is 2. The second kappa shape index (κ2) is 7.57. The molecule has 0 aliphatic carbocycles. The second-order valence-electron chi connectivity index (χ2n) is 6.47. The minimum Gasteiger partial charge on any atom is -0.346 e. The Hall–Kier alpha value is -1.92. The van der Waals surface area contributed by atoms with Gasteiger partial charge in [-0.3, -0.25) is 9.59 Å². The van der Waals surface area contributed by atoms with Crippen LogP contribution in [-0.4, -0.2) is 48.4 Å². The Kier molecular flexibility index (Phi) is 5.74. The van der Waals surface area contributed by atoms with Crippen molar-refractivity contribution in [3.63, 3.8) is 0 Å². The first kappa shape index (κ1) is 17.4. The first-order valence-corrected chi connectivity index (χ1v) is 8.01. The van der Waals surface area contributed by atoms with Crippen molar-refractivity contribution in [1.29, 1.82) is 0 Å². The van der Waals surface area contributed by atoms with E-state index in [4.69, 9.17) is 11.5 Å². The first-order valence-electron chi connectivity index (χ1n) is 8.01. The zero-order valence-electron chi connectivity index (χ0n) is 13.7. The number of hydrogen-bond acceptors (Lipinski definition) is 4. The van der Waals surface area contributed by atoms with E-state index in [1.165, 1.54) is 0 Å². The van der Waals surface area contributed by atoms with E-state index in [2.05, 4.69) is 5.32 Å². The molecule has 0 unspecified atom stereocenters. The van der Waals surface area contributed by atoms with Crippen LogP contribution in [0.3, 0.4) is 0 Å². The van der Waals surface area contributed by atoms with E-state index < -0.39 is 6.04 Å². The maximum Gasteiger partial charge on any atom is 0.242 e. The predicted octanol–water partition coefficient (Wildman–Crippen LogP) is 0.0392. The fourth-order valence-electron chi connectivity index (χ4n) is 2.78. The number of benzene rings is 1. The molecule has 6 heteroatoms. The van der Waals surface area contributed by atoms with Crippen LogP contribution in [0.15, 0.2) is 30.3 Å². The number of hydrogen-bond donors (Lipinski definition) is 3. The highest BCUT2D eigenvalue weighted by Gasteiger charge is 2.33. The highest BCUT2D eigenvalue weighted by Crippen LogP contribution is 2.26. The molecular formula is C17H26N4O2. The number of carbonyl (C=O) groups excluding carboxylic acids is 2. The zero-order chi connectivity index (χ0) is 17.0. The van der Waals surface area contributed by atoms with Gasteiger partial charge in [0.05, 0.1) is 12.6 Å². The summed E-state index contributed by atoms with van der Waals surface area (Å²) in [4.78, 5) is 25.8. The molecule has 1 fully saturated rings. The lowest BCUT2D eigenvalue weighted by Crippen LogP contribution is -2.47. The van der Waals surface area contributed by atoms with Crippen LogP contribution in [0.4, 0.5) is 0 Å². The van der Waals surface area contributed by atoms with Crippen LogP contribution in [0.5, 0.6) is 0 Å². The fourth-order valence-corrected chi connectivity index (χ4v) is 2.78. The highest BCUT2D eigenvalue weighted by molar-refractivity contribution is 5.87. The van der Waals surface area contributed by atoms with Crippen LogP contribution in [0.25, 0.3) is 0 Å². The summed E-state index contributed by atoms with van der Waals surface area (Å²) in [6, 6.07) is 9.28. The Labute approximate surface area is 137 Å². The third-order valence-corrected chi connectivity index (χ3v) is 4.38.